The molecule has 2 heterocycles. The van der Waals surface area contributed by atoms with Gasteiger partial charge in [0, 0.05) is 28.4 Å². The molecule has 0 N–H and O–H groups in total. The summed E-state index contributed by atoms with van der Waals surface area (Å²) in [5, 5.41) is 5.73. The maximum Gasteiger partial charge on any atom is 0.387 e. The summed E-state index contributed by atoms with van der Waals surface area (Å²) in [6.07, 6.45) is 3.82. The van der Waals surface area contributed by atoms with Crippen LogP contribution in [0.3, 0.4) is 0 Å². The van der Waals surface area contributed by atoms with Gasteiger partial charge in [0.2, 0.25) is 0 Å². The van der Waals surface area contributed by atoms with Crippen molar-refractivity contribution in [1.29, 1.82) is 0 Å². The summed E-state index contributed by atoms with van der Waals surface area (Å²) in [4.78, 5) is 4.38. The van der Waals surface area contributed by atoms with Crippen molar-refractivity contribution < 1.29 is 18.3 Å². The smallest absolute Gasteiger partial charge is 0.387 e. The number of ether oxygens (including phenoxy) is 2. The van der Waals surface area contributed by atoms with Gasteiger partial charge >= 0.3 is 6.61 Å². The zero-order valence-electron chi connectivity index (χ0n) is 16.6. The molecule has 1 saturated carbocycles. The molecule has 0 atom stereocenters. The Balaban J connectivity index is 1.57. The fourth-order valence-corrected chi connectivity index (χ4v) is 3.79. The molecule has 0 radical (unpaired) electrons. The van der Waals surface area contributed by atoms with Crippen molar-refractivity contribution in [2.45, 2.75) is 19.5 Å². The number of alkyl halides is 2. The van der Waals surface area contributed by atoms with Gasteiger partial charge in [0.25, 0.3) is 0 Å². The first-order valence-electron chi connectivity index (χ1n) is 10.00. The highest BCUT2D eigenvalue weighted by Crippen LogP contribution is 2.37. The summed E-state index contributed by atoms with van der Waals surface area (Å²) in [5.74, 6) is 0.730. The first-order valence-corrected chi connectivity index (χ1v) is 10.8. The van der Waals surface area contributed by atoms with Gasteiger partial charge in [-0.05, 0) is 61.2 Å². The van der Waals surface area contributed by atoms with Gasteiger partial charge in [0.05, 0.1) is 23.0 Å². The van der Waals surface area contributed by atoms with E-state index >= 15 is 0 Å². The number of aromatic nitrogens is 3. The largest absolute Gasteiger partial charge is 0.489 e. The van der Waals surface area contributed by atoms with Crippen LogP contribution in [-0.4, -0.2) is 27.8 Å². The Morgan fingerprint density at radius 2 is 1.88 bits per heavy atom. The van der Waals surface area contributed by atoms with Crippen molar-refractivity contribution in [2.75, 3.05) is 6.61 Å². The Hall–Kier alpha value is -2.90. The summed E-state index contributed by atoms with van der Waals surface area (Å²) in [7, 11) is 0. The number of benzene rings is 2. The van der Waals surface area contributed by atoms with E-state index in [0.29, 0.717) is 45.2 Å². The standard InChI is InChI=1S/C23H17Cl2F2N3O2/c24-15-4-5-17(25)16(10-15)18-11-22-28-8-7-19(30(22)29-18)14-3-6-20(32-23(26)27)21(9-14)31-12-13-1-2-13/h3-11,13,23H,1-2,12H2. The number of hydrogen-bond donors (Lipinski definition) is 0. The normalized spacial score (nSPS) is 13.7. The topological polar surface area (TPSA) is 48.7 Å². The predicted molar refractivity (Wildman–Crippen MR) is 119 cm³/mol. The number of nitrogens with zero attached hydrogens (tertiary/aromatic N) is 3. The summed E-state index contributed by atoms with van der Waals surface area (Å²) in [6.45, 7) is -2.47. The molecule has 2 aromatic heterocycles. The molecule has 164 valence electrons. The predicted octanol–water partition coefficient (Wildman–Crippen LogP) is 6.76. The fraction of sp³-hybridized carbons (Fsp3) is 0.217. The van der Waals surface area contributed by atoms with E-state index in [1.54, 1.807) is 53.2 Å². The maximum absolute atomic E-state index is 12.8. The van der Waals surface area contributed by atoms with Crippen molar-refractivity contribution in [2.24, 2.45) is 5.92 Å². The van der Waals surface area contributed by atoms with Crippen LogP contribution >= 0.6 is 23.2 Å². The second-order valence-electron chi connectivity index (χ2n) is 7.55. The molecule has 0 unspecified atom stereocenters. The van der Waals surface area contributed by atoms with Gasteiger partial charge in [-0.25, -0.2) is 9.50 Å². The van der Waals surface area contributed by atoms with E-state index in [4.69, 9.17) is 27.9 Å². The Morgan fingerprint density at radius 3 is 2.66 bits per heavy atom. The third-order valence-corrected chi connectivity index (χ3v) is 5.75. The average molecular weight is 476 g/mol. The summed E-state index contributed by atoms with van der Waals surface area (Å²) < 4.78 is 37.8. The van der Waals surface area contributed by atoms with Crippen LogP contribution < -0.4 is 9.47 Å². The molecular weight excluding hydrogens is 459 g/mol. The van der Waals surface area contributed by atoms with Gasteiger partial charge in [0.1, 0.15) is 0 Å². The lowest BCUT2D eigenvalue weighted by Crippen LogP contribution is -2.06. The Bertz CT molecular complexity index is 1290. The lowest BCUT2D eigenvalue weighted by molar-refractivity contribution is -0.0515. The molecule has 5 nitrogen and oxygen atoms in total. The zero-order valence-corrected chi connectivity index (χ0v) is 18.2. The second kappa shape index (κ2) is 8.56. The molecule has 1 aliphatic carbocycles. The highest BCUT2D eigenvalue weighted by molar-refractivity contribution is 6.35. The van der Waals surface area contributed by atoms with Crippen LogP contribution in [0.4, 0.5) is 8.78 Å². The monoisotopic (exact) mass is 475 g/mol. The molecule has 2 aromatic carbocycles. The maximum atomic E-state index is 12.8. The van der Waals surface area contributed by atoms with Crippen LogP contribution in [0.1, 0.15) is 12.8 Å². The van der Waals surface area contributed by atoms with Crippen LogP contribution in [0.15, 0.2) is 54.7 Å². The van der Waals surface area contributed by atoms with Crippen LogP contribution in [-0.2, 0) is 0 Å². The fourth-order valence-electron chi connectivity index (χ4n) is 3.40. The minimum atomic E-state index is -2.94. The van der Waals surface area contributed by atoms with Crippen molar-refractivity contribution in [1.82, 2.24) is 14.6 Å². The molecule has 0 amide bonds. The van der Waals surface area contributed by atoms with Gasteiger partial charge in [0.15, 0.2) is 17.1 Å². The van der Waals surface area contributed by atoms with Gasteiger partial charge in [-0.3, -0.25) is 0 Å². The van der Waals surface area contributed by atoms with E-state index in [1.807, 2.05) is 0 Å². The van der Waals surface area contributed by atoms with Crippen LogP contribution in [0, 0.1) is 5.92 Å². The highest BCUT2D eigenvalue weighted by atomic mass is 35.5. The highest BCUT2D eigenvalue weighted by Gasteiger charge is 2.23. The van der Waals surface area contributed by atoms with E-state index in [0.717, 1.165) is 18.4 Å². The van der Waals surface area contributed by atoms with E-state index < -0.39 is 6.61 Å². The van der Waals surface area contributed by atoms with E-state index in [2.05, 4.69) is 14.8 Å². The third kappa shape index (κ3) is 4.36. The van der Waals surface area contributed by atoms with Crippen molar-refractivity contribution >= 4 is 28.8 Å². The number of fused-ring (bicyclic) bond motifs is 1. The molecule has 32 heavy (non-hydrogen) atoms. The molecule has 0 saturated heterocycles. The zero-order chi connectivity index (χ0) is 22.2. The van der Waals surface area contributed by atoms with Gasteiger partial charge < -0.3 is 9.47 Å². The minimum absolute atomic E-state index is 0.00145. The van der Waals surface area contributed by atoms with Crippen molar-refractivity contribution in [3.8, 4) is 34.0 Å². The van der Waals surface area contributed by atoms with Gasteiger partial charge in [-0.15, -0.1) is 0 Å². The van der Waals surface area contributed by atoms with Crippen molar-refractivity contribution in [3.63, 3.8) is 0 Å². The first kappa shape index (κ1) is 21.0. The van der Waals surface area contributed by atoms with E-state index in [-0.39, 0.29) is 11.5 Å². The Morgan fingerprint density at radius 1 is 1.03 bits per heavy atom. The lowest BCUT2D eigenvalue weighted by atomic mass is 10.1. The molecule has 9 heteroatoms. The molecule has 0 bridgehead atoms. The van der Waals surface area contributed by atoms with E-state index in [1.165, 1.54) is 6.07 Å². The summed E-state index contributed by atoms with van der Waals surface area (Å²) in [6, 6.07) is 13.6. The third-order valence-electron chi connectivity index (χ3n) is 5.19. The number of hydrogen-bond acceptors (Lipinski definition) is 4. The molecule has 4 aromatic rings. The molecular formula is C23H17Cl2F2N3O2. The Labute approximate surface area is 192 Å². The lowest BCUT2D eigenvalue weighted by Gasteiger charge is -2.14. The van der Waals surface area contributed by atoms with Gasteiger partial charge in [-0.2, -0.15) is 13.9 Å². The van der Waals surface area contributed by atoms with Crippen LogP contribution in [0.2, 0.25) is 10.0 Å². The Kier molecular flexibility index (Phi) is 5.61. The number of rotatable bonds is 7. The molecule has 1 aliphatic rings. The summed E-state index contributed by atoms with van der Waals surface area (Å²) in [5.41, 5.74) is 3.32. The summed E-state index contributed by atoms with van der Waals surface area (Å²) >= 11 is 12.5. The van der Waals surface area contributed by atoms with Crippen LogP contribution in [0.25, 0.3) is 28.2 Å². The SMILES string of the molecule is FC(F)Oc1ccc(-c2ccnc3cc(-c4cc(Cl)ccc4Cl)nn23)cc1OCC1CC1. The van der Waals surface area contributed by atoms with Crippen LogP contribution in [0.5, 0.6) is 11.5 Å². The quantitative estimate of drug-likeness (QED) is 0.296. The van der Waals surface area contributed by atoms with Crippen molar-refractivity contribution in [3.05, 3.63) is 64.8 Å². The average Bonchev–Trinajstić information content (AvgIpc) is 3.50. The second-order valence-corrected chi connectivity index (χ2v) is 8.39. The molecule has 0 spiro atoms. The molecule has 0 aliphatic heterocycles. The minimum Gasteiger partial charge on any atom is -0.489 e. The first-order chi connectivity index (χ1) is 15.5. The number of halogens is 4. The molecule has 5 rings (SSSR count). The van der Waals surface area contributed by atoms with Gasteiger partial charge in [-0.1, -0.05) is 23.2 Å². The molecule has 1 fully saturated rings. The van der Waals surface area contributed by atoms with E-state index in [9.17, 15) is 8.78 Å².